The Morgan fingerprint density at radius 1 is 0.933 bits per heavy atom. The topological polar surface area (TPSA) is 113 Å². The van der Waals surface area contributed by atoms with Crippen LogP contribution in [-0.4, -0.2) is 67.2 Å². The molecule has 2 aliphatic heterocycles. The van der Waals surface area contributed by atoms with Crippen LogP contribution in [0.5, 0.6) is 0 Å². The second-order valence-electron chi connectivity index (χ2n) is 11.1. The van der Waals surface area contributed by atoms with Crippen LogP contribution in [-0.2, 0) is 48.3 Å². The van der Waals surface area contributed by atoms with Gasteiger partial charge < -0.3 is 4.74 Å². The molecule has 13 heteroatoms. The van der Waals surface area contributed by atoms with Crippen molar-refractivity contribution >= 4 is 27.8 Å². The van der Waals surface area contributed by atoms with Crippen molar-refractivity contribution < 1.29 is 40.7 Å². The van der Waals surface area contributed by atoms with Gasteiger partial charge in [-0.15, -0.1) is 0 Å². The lowest BCUT2D eigenvalue weighted by atomic mass is 9.76. The molecule has 5 rings (SSSR count). The number of hydrogen-bond donors (Lipinski definition) is 1. The van der Waals surface area contributed by atoms with Crippen LogP contribution in [0.1, 0.15) is 23.6 Å². The Morgan fingerprint density at radius 2 is 1.51 bits per heavy atom. The van der Waals surface area contributed by atoms with Crippen LogP contribution < -0.4 is 5.32 Å². The fraction of sp³-hybridized carbons (Fsp3) is 0.344. The lowest BCUT2D eigenvalue weighted by Crippen LogP contribution is -2.59. The summed E-state index contributed by atoms with van der Waals surface area (Å²) in [5.74, 6) is -4.26. The first-order valence-corrected chi connectivity index (χ1v) is 15.7. The number of ether oxygens (including phenoxy) is 1. The van der Waals surface area contributed by atoms with Gasteiger partial charge in [0.1, 0.15) is 5.54 Å². The van der Waals surface area contributed by atoms with Crippen LogP contribution in [0.25, 0.3) is 0 Å². The number of nitrogens with one attached hydrogen (secondary N) is 1. The third-order valence-corrected chi connectivity index (χ3v) is 10.4. The van der Waals surface area contributed by atoms with Crippen LogP contribution in [0.3, 0.4) is 0 Å². The summed E-state index contributed by atoms with van der Waals surface area (Å²) >= 11 is 0. The number of likely N-dealkylation sites (N-methyl/N-ethyl adjacent to an activating group) is 1. The van der Waals surface area contributed by atoms with Crippen molar-refractivity contribution in [1.82, 2.24) is 14.5 Å². The first kappa shape index (κ1) is 32.3. The molecule has 0 spiro atoms. The third kappa shape index (κ3) is 5.99. The van der Waals surface area contributed by atoms with E-state index in [1.54, 1.807) is 67.6 Å². The number of alkyl halides is 3. The summed E-state index contributed by atoms with van der Waals surface area (Å²) in [6.45, 7) is 1.07. The zero-order chi connectivity index (χ0) is 32.6. The fourth-order valence-corrected chi connectivity index (χ4v) is 7.84. The number of imide groups is 1. The Bertz CT molecular complexity index is 1670. The smallest absolute Gasteiger partial charge is 0.416 e. The Hall–Kier alpha value is -4.07. The Kier molecular flexibility index (Phi) is 8.89. The summed E-state index contributed by atoms with van der Waals surface area (Å²) in [5.41, 5.74) is -1.33. The van der Waals surface area contributed by atoms with E-state index >= 15 is 0 Å². The summed E-state index contributed by atoms with van der Waals surface area (Å²) in [6.07, 6.45) is -4.67. The van der Waals surface area contributed by atoms with Crippen molar-refractivity contribution in [3.8, 4) is 0 Å². The number of likely N-dealkylation sites (tertiary alicyclic amines) is 1. The zero-order valence-electron chi connectivity index (χ0n) is 24.5. The number of hydrogen-bond acceptors (Lipinski definition) is 7. The maximum absolute atomic E-state index is 14.1. The molecular formula is C32H32F3N3O6S. The highest BCUT2D eigenvalue weighted by atomic mass is 32.2. The van der Waals surface area contributed by atoms with E-state index in [-0.39, 0.29) is 31.0 Å². The molecule has 0 aromatic heterocycles. The summed E-state index contributed by atoms with van der Waals surface area (Å²) in [7, 11) is -3.17. The second kappa shape index (κ2) is 12.4. The minimum atomic E-state index is -4.65. The van der Waals surface area contributed by atoms with E-state index in [9.17, 15) is 36.0 Å². The number of amides is 2. The molecule has 3 aromatic carbocycles. The monoisotopic (exact) mass is 643 g/mol. The molecule has 238 valence electrons. The Morgan fingerprint density at radius 3 is 2.04 bits per heavy atom. The molecule has 0 unspecified atom stereocenters. The second-order valence-corrected chi connectivity index (χ2v) is 13.0. The molecule has 2 amide bonds. The van der Waals surface area contributed by atoms with Gasteiger partial charge >= 0.3 is 12.1 Å². The number of benzene rings is 3. The minimum Gasteiger partial charge on any atom is -0.468 e. The van der Waals surface area contributed by atoms with Gasteiger partial charge in [-0.1, -0.05) is 67.6 Å². The molecule has 0 radical (unpaired) electrons. The van der Waals surface area contributed by atoms with E-state index in [1.165, 1.54) is 7.11 Å². The van der Waals surface area contributed by atoms with Gasteiger partial charge in [-0.2, -0.15) is 17.5 Å². The average Bonchev–Trinajstić information content (AvgIpc) is 3.48. The summed E-state index contributed by atoms with van der Waals surface area (Å²) in [4.78, 5) is 42.5. The van der Waals surface area contributed by atoms with Gasteiger partial charge in [-0.05, 0) is 35.4 Å². The molecule has 0 aliphatic carbocycles. The quantitative estimate of drug-likeness (QED) is 0.265. The highest BCUT2D eigenvalue weighted by Crippen LogP contribution is 2.46. The van der Waals surface area contributed by atoms with Crippen LogP contribution in [0, 0.1) is 11.8 Å². The standard InChI is InChI=1S/C32H32F3N3O6S/c1-3-37(45(42,43)24-16-14-23(15-17-24)32(33,34)35)20-25-26-27(29(40)38(28(26)39)19-22-12-8-5-9-13-22)31(36-25,30(41)44-2)18-21-10-6-4-7-11-21/h4-17,25-27,36H,3,18-20H2,1-2H3/t25-,26+,27-,31-/m1/s1. The van der Waals surface area contributed by atoms with Crippen molar-refractivity contribution in [2.24, 2.45) is 11.8 Å². The third-order valence-electron chi connectivity index (χ3n) is 8.48. The number of nitrogens with zero attached hydrogens (tertiary/aromatic N) is 2. The van der Waals surface area contributed by atoms with E-state index < -0.39 is 63.0 Å². The molecule has 2 fully saturated rings. The summed E-state index contributed by atoms with van der Waals surface area (Å²) in [5, 5.41) is 3.17. The predicted molar refractivity (Wildman–Crippen MR) is 157 cm³/mol. The molecule has 0 bridgehead atoms. The van der Waals surface area contributed by atoms with Crippen LogP contribution in [0.15, 0.2) is 89.8 Å². The summed E-state index contributed by atoms with van der Waals surface area (Å²) < 4.78 is 72.9. The fourth-order valence-electron chi connectivity index (χ4n) is 6.37. The number of halogens is 3. The first-order chi connectivity index (χ1) is 21.3. The largest absolute Gasteiger partial charge is 0.468 e. The summed E-state index contributed by atoms with van der Waals surface area (Å²) in [6, 6.07) is 19.8. The number of carbonyl (C=O) groups is 3. The van der Waals surface area contributed by atoms with Gasteiger partial charge in [0.05, 0.1) is 35.9 Å². The van der Waals surface area contributed by atoms with Crippen molar-refractivity contribution in [2.75, 3.05) is 20.2 Å². The lowest BCUT2D eigenvalue weighted by molar-refractivity contribution is -0.154. The van der Waals surface area contributed by atoms with Gasteiger partial charge in [0.2, 0.25) is 21.8 Å². The minimum absolute atomic E-state index is 0.0197. The van der Waals surface area contributed by atoms with E-state index in [0.717, 1.165) is 21.3 Å². The molecule has 45 heavy (non-hydrogen) atoms. The van der Waals surface area contributed by atoms with Gasteiger partial charge in [-0.3, -0.25) is 24.6 Å². The molecule has 9 nitrogen and oxygen atoms in total. The maximum atomic E-state index is 14.1. The Balaban J connectivity index is 1.54. The maximum Gasteiger partial charge on any atom is 0.416 e. The average molecular weight is 644 g/mol. The van der Waals surface area contributed by atoms with E-state index in [0.29, 0.717) is 23.3 Å². The number of esters is 1. The highest BCUT2D eigenvalue weighted by Gasteiger charge is 2.68. The van der Waals surface area contributed by atoms with E-state index in [4.69, 9.17) is 4.74 Å². The number of fused-ring (bicyclic) bond motifs is 1. The zero-order valence-corrected chi connectivity index (χ0v) is 25.3. The molecule has 2 heterocycles. The molecular weight excluding hydrogens is 611 g/mol. The molecule has 4 atom stereocenters. The number of methoxy groups -OCH3 is 1. The van der Waals surface area contributed by atoms with Crippen molar-refractivity contribution in [3.05, 3.63) is 102 Å². The number of carbonyl (C=O) groups excluding carboxylic acids is 3. The molecule has 1 N–H and O–H groups in total. The molecule has 2 saturated heterocycles. The Labute approximate surface area is 259 Å². The van der Waals surface area contributed by atoms with Gasteiger partial charge in [0, 0.05) is 25.6 Å². The van der Waals surface area contributed by atoms with Gasteiger partial charge in [0.15, 0.2) is 0 Å². The predicted octanol–water partition coefficient (Wildman–Crippen LogP) is 3.64. The molecule has 2 aliphatic rings. The normalized spacial score (nSPS) is 23.4. The number of sulfonamides is 1. The lowest BCUT2D eigenvalue weighted by Gasteiger charge is -2.33. The van der Waals surface area contributed by atoms with E-state index in [1.807, 2.05) is 0 Å². The van der Waals surface area contributed by atoms with Crippen LogP contribution in [0.4, 0.5) is 13.2 Å². The van der Waals surface area contributed by atoms with Crippen molar-refractivity contribution in [3.63, 3.8) is 0 Å². The van der Waals surface area contributed by atoms with Crippen LogP contribution in [0.2, 0.25) is 0 Å². The van der Waals surface area contributed by atoms with Crippen molar-refractivity contribution in [2.45, 2.75) is 42.5 Å². The SMILES string of the molecule is CCN(C[C@H]1N[C@@](Cc2ccccc2)(C(=O)OC)[C@H]2C(=O)N(Cc3ccccc3)C(=O)[C@@H]12)S(=O)(=O)c1ccc(C(F)(F)F)cc1. The van der Waals surface area contributed by atoms with Crippen LogP contribution >= 0.6 is 0 Å². The van der Waals surface area contributed by atoms with Gasteiger partial charge in [0.25, 0.3) is 0 Å². The first-order valence-electron chi connectivity index (χ1n) is 14.3. The van der Waals surface area contributed by atoms with Crippen molar-refractivity contribution in [1.29, 1.82) is 0 Å². The highest BCUT2D eigenvalue weighted by molar-refractivity contribution is 7.89. The molecule has 3 aromatic rings. The van der Waals surface area contributed by atoms with E-state index in [2.05, 4.69) is 5.32 Å². The number of rotatable bonds is 10. The van der Waals surface area contributed by atoms with Gasteiger partial charge in [-0.25, -0.2) is 8.42 Å². The molecule has 0 saturated carbocycles.